The third-order valence-corrected chi connectivity index (χ3v) is 5.42. The van der Waals surface area contributed by atoms with Crippen LogP contribution in [-0.2, 0) is 20.1 Å². The van der Waals surface area contributed by atoms with Gasteiger partial charge >= 0.3 is 5.69 Å². The van der Waals surface area contributed by atoms with E-state index in [2.05, 4.69) is 15.2 Å². The van der Waals surface area contributed by atoms with Gasteiger partial charge in [0.15, 0.2) is 11.2 Å². The predicted octanol–water partition coefficient (Wildman–Crippen LogP) is 3.40. The fourth-order valence-electron chi connectivity index (χ4n) is 3.56. The van der Waals surface area contributed by atoms with Crippen LogP contribution in [0.3, 0.4) is 0 Å². The molecule has 0 fully saturated rings. The minimum absolute atomic E-state index is 0.115. The van der Waals surface area contributed by atoms with Gasteiger partial charge in [-0.1, -0.05) is 29.8 Å². The van der Waals surface area contributed by atoms with Gasteiger partial charge in [0, 0.05) is 26.1 Å². The number of imidazole rings is 1. The van der Waals surface area contributed by atoms with Crippen LogP contribution < -0.4 is 11.2 Å². The molecule has 1 aromatic carbocycles. The van der Waals surface area contributed by atoms with Gasteiger partial charge in [-0.05, 0) is 37.1 Å². The highest BCUT2D eigenvalue weighted by Gasteiger charge is 2.24. The first kappa shape index (κ1) is 19.3. The highest BCUT2D eigenvalue weighted by Crippen LogP contribution is 2.32. The second-order valence-electron chi connectivity index (χ2n) is 7.38. The molecule has 8 nitrogen and oxygen atoms in total. The Balaban J connectivity index is 1.87. The van der Waals surface area contributed by atoms with Gasteiger partial charge in [0.05, 0.1) is 12.2 Å². The van der Waals surface area contributed by atoms with Crippen molar-refractivity contribution in [3.8, 4) is 0 Å². The van der Waals surface area contributed by atoms with Crippen LogP contribution in [0.1, 0.15) is 25.3 Å². The summed E-state index contributed by atoms with van der Waals surface area (Å²) < 4.78 is 4.26. The summed E-state index contributed by atoms with van der Waals surface area (Å²) >= 11 is 6.29. The lowest BCUT2D eigenvalue weighted by Crippen LogP contribution is -2.41. The molecular formula is C20H21ClN6O2. The molecule has 0 spiro atoms. The maximum atomic E-state index is 13.3. The maximum Gasteiger partial charge on any atom is 0.332 e. The number of nitrogens with zero attached hydrogens (tertiary/aromatic N) is 6. The van der Waals surface area contributed by atoms with Gasteiger partial charge in [0.25, 0.3) is 5.56 Å². The molecule has 150 valence electrons. The lowest BCUT2D eigenvalue weighted by molar-refractivity contribution is 0.508. The first-order chi connectivity index (χ1) is 13.9. The number of rotatable bonds is 4. The number of azo groups is 1. The number of allylic oxidation sites excluding steroid dienone is 2. The molecule has 3 aromatic rings. The summed E-state index contributed by atoms with van der Waals surface area (Å²) in [6.07, 6.45) is 1.96. The van der Waals surface area contributed by atoms with E-state index in [4.69, 9.17) is 11.6 Å². The lowest BCUT2D eigenvalue weighted by Gasteiger charge is -2.21. The number of aryl methyl sites for hydroxylation is 1. The van der Waals surface area contributed by atoms with E-state index in [0.29, 0.717) is 18.6 Å². The smallest absolute Gasteiger partial charge is 0.305 e. The van der Waals surface area contributed by atoms with Gasteiger partial charge in [-0.25, -0.2) is 4.79 Å². The van der Waals surface area contributed by atoms with Crippen LogP contribution in [0.15, 0.2) is 55.7 Å². The molecule has 1 aliphatic heterocycles. The van der Waals surface area contributed by atoms with E-state index in [1.54, 1.807) is 11.6 Å². The van der Waals surface area contributed by atoms with Gasteiger partial charge in [-0.2, -0.15) is 15.2 Å². The molecule has 2 aromatic heterocycles. The van der Waals surface area contributed by atoms with Crippen molar-refractivity contribution in [2.75, 3.05) is 6.54 Å². The Morgan fingerprint density at radius 2 is 2.00 bits per heavy atom. The average molecular weight is 413 g/mol. The molecule has 4 rings (SSSR count). The molecule has 1 aliphatic rings. The quantitative estimate of drug-likeness (QED) is 0.486. The van der Waals surface area contributed by atoms with E-state index in [0.717, 1.165) is 16.8 Å². The molecule has 0 radical (unpaired) electrons. The fraction of sp³-hybridized carbons (Fsp3) is 0.350. The van der Waals surface area contributed by atoms with Crippen LogP contribution in [0, 0.1) is 0 Å². The first-order valence-corrected chi connectivity index (χ1v) is 9.71. The normalized spacial score (nSPS) is 15.5. The van der Waals surface area contributed by atoms with Gasteiger partial charge in [-0.15, -0.1) is 0 Å². The fourth-order valence-corrected chi connectivity index (χ4v) is 3.79. The molecule has 1 atom stereocenters. The lowest BCUT2D eigenvalue weighted by atomic mass is 9.96. The van der Waals surface area contributed by atoms with Gasteiger partial charge in [0.1, 0.15) is 0 Å². The van der Waals surface area contributed by atoms with Crippen LogP contribution in [0.4, 0.5) is 5.69 Å². The topological polar surface area (TPSA) is 86.5 Å². The summed E-state index contributed by atoms with van der Waals surface area (Å²) in [6.45, 7) is 4.98. The van der Waals surface area contributed by atoms with Crippen molar-refractivity contribution >= 4 is 28.5 Å². The van der Waals surface area contributed by atoms with Crippen molar-refractivity contribution < 1.29 is 0 Å². The van der Waals surface area contributed by atoms with Crippen LogP contribution in [0.2, 0.25) is 5.28 Å². The molecule has 0 amide bonds. The SMILES string of the molecule is CC(C)=CCn1c(Cl)nc2c1c(=O)n(CC1CN=Nc3ccccc31)c(=O)n2C. The van der Waals surface area contributed by atoms with Crippen molar-refractivity contribution in [2.45, 2.75) is 32.9 Å². The molecule has 29 heavy (non-hydrogen) atoms. The Morgan fingerprint density at radius 3 is 2.76 bits per heavy atom. The Labute approximate surface area is 171 Å². The maximum absolute atomic E-state index is 13.3. The van der Waals surface area contributed by atoms with Crippen molar-refractivity contribution in [1.29, 1.82) is 0 Å². The Morgan fingerprint density at radius 1 is 1.24 bits per heavy atom. The summed E-state index contributed by atoms with van der Waals surface area (Å²) in [5.41, 5.74) is 2.62. The number of benzene rings is 1. The second kappa shape index (κ2) is 7.44. The summed E-state index contributed by atoms with van der Waals surface area (Å²) in [5.74, 6) is -0.115. The molecule has 3 heterocycles. The van der Waals surface area contributed by atoms with Crippen molar-refractivity contribution in [2.24, 2.45) is 17.3 Å². The van der Waals surface area contributed by atoms with Crippen LogP contribution in [-0.4, -0.2) is 25.2 Å². The van der Waals surface area contributed by atoms with E-state index < -0.39 is 11.2 Å². The van der Waals surface area contributed by atoms with Crippen LogP contribution in [0.25, 0.3) is 11.2 Å². The Bertz CT molecular complexity index is 1280. The highest BCUT2D eigenvalue weighted by atomic mass is 35.5. The molecule has 1 unspecified atom stereocenters. The van der Waals surface area contributed by atoms with E-state index in [9.17, 15) is 9.59 Å². The summed E-state index contributed by atoms with van der Waals surface area (Å²) in [6, 6.07) is 7.65. The number of aromatic nitrogens is 4. The first-order valence-electron chi connectivity index (χ1n) is 9.34. The van der Waals surface area contributed by atoms with Crippen molar-refractivity contribution in [1.82, 2.24) is 18.7 Å². The van der Waals surface area contributed by atoms with Crippen LogP contribution >= 0.6 is 11.6 Å². The largest absolute Gasteiger partial charge is 0.332 e. The van der Waals surface area contributed by atoms with E-state index in [1.165, 1.54) is 9.13 Å². The average Bonchev–Trinajstić information content (AvgIpc) is 3.04. The highest BCUT2D eigenvalue weighted by molar-refractivity contribution is 6.29. The van der Waals surface area contributed by atoms with E-state index in [1.807, 2.05) is 44.2 Å². The Hall–Kier alpha value is -3.00. The standard InChI is InChI=1S/C20H21ClN6O2/c1-12(2)8-9-26-16-17(23-19(26)21)25(3)20(29)27(18(16)28)11-13-10-22-24-15-7-5-4-6-14(13)15/h4-8,13H,9-11H2,1-3H3. The zero-order valence-corrected chi connectivity index (χ0v) is 17.2. The number of fused-ring (bicyclic) bond motifs is 2. The third-order valence-electron chi connectivity index (χ3n) is 5.13. The summed E-state index contributed by atoms with van der Waals surface area (Å²) in [7, 11) is 1.60. The molecule has 0 saturated heterocycles. The zero-order valence-electron chi connectivity index (χ0n) is 16.5. The van der Waals surface area contributed by atoms with E-state index >= 15 is 0 Å². The summed E-state index contributed by atoms with van der Waals surface area (Å²) in [5, 5.41) is 8.52. The molecule has 0 saturated carbocycles. The van der Waals surface area contributed by atoms with Gasteiger partial charge in [-0.3, -0.25) is 13.9 Å². The van der Waals surface area contributed by atoms with Crippen LogP contribution in [0.5, 0.6) is 0 Å². The van der Waals surface area contributed by atoms with Gasteiger partial charge < -0.3 is 4.57 Å². The van der Waals surface area contributed by atoms with Crippen molar-refractivity contribution in [3.05, 3.63) is 67.6 Å². The minimum Gasteiger partial charge on any atom is -0.305 e. The number of hydrogen-bond acceptors (Lipinski definition) is 5. The third kappa shape index (κ3) is 3.33. The Kier molecular flexibility index (Phi) is 4.96. The van der Waals surface area contributed by atoms with Gasteiger partial charge in [0.2, 0.25) is 5.28 Å². The molecule has 9 heteroatoms. The van der Waals surface area contributed by atoms with Crippen molar-refractivity contribution in [3.63, 3.8) is 0 Å². The molecule has 0 bridgehead atoms. The number of halogens is 1. The molecular weight excluding hydrogens is 392 g/mol. The monoisotopic (exact) mass is 412 g/mol. The minimum atomic E-state index is -0.425. The van der Waals surface area contributed by atoms with E-state index in [-0.39, 0.29) is 23.4 Å². The predicted molar refractivity (Wildman–Crippen MR) is 112 cm³/mol. The summed E-state index contributed by atoms with van der Waals surface area (Å²) in [4.78, 5) is 30.5. The zero-order chi connectivity index (χ0) is 20.7. The second-order valence-corrected chi connectivity index (χ2v) is 7.72. The molecule has 0 aliphatic carbocycles. The number of hydrogen-bond donors (Lipinski definition) is 0. The molecule has 0 N–H and O–H groups in total.